The summed E-state index contributed by atoms with van der Waals surface area (Å²) in [5.41, 5.74) is 0. The molecule has 0 aromatic rings. The van der Waals surface area contributed by atoms with E-state index in [1.54, 1.807) is 0 Å². The first-order valence-corrected chi connectivity index (χ1v) is 6.09. The Morgan fingerprint density at radius 2 is 2.27 bits per heavy atom. The Morgan fingerprint density at radius 1 is 1.53 bits per heavy atom. The highest BCUT2D eigenvalue weighted by molar-refractivity contribution is 5.76. The van der Waals surface area contributed by atoms with Crippen molar-refractivity contribution in [3.63, 3.8) is 0 Å². The molecule has 0 bridgehead atoms. The molecule has 3 heteroatoms. The van der Waals surface area contributed by atoms with Crippen molar-refractivity contribution in [2.24, 2.45) is 5.92 Å². The zero-order valence-corrected chi connectivity index (χ0v) is 9.91. The van der Waals surface area contributed by atoms with Crippen LogP contribution in [0.25, 0.3) is 0 Å². The molecule has 1 amide bonds. The molecule has 3 nitrogen and oxygen atoms in total. The van der Waals surface area contributed by atoms with Gasteiger partial charge in [-0.1, -0.05) is 20.3 Å². The Morgan fingerprint density at radius 3 is 2.93 bits per heavy atom. The Labute approximate surface area is 92.5 Å². The molecule has 1 aliphatic heterocycles. The van der Waals surface area contributed by atoms with Gasteiger partial charge in [0.05, 0.1) is 6.10 Å². The minimum atomic E-state index is -0.340. The second-order valence-corrected chi connectivity index (χ2v) is 4.71. The zero-order chi connectivity index (χ0) is 11.3. The lowest BCUT2D eigenvalue weighted by Gasteiger charge is -2.23. The van der Waals surface area contributed by atoms with Gasteiger partial charge < -0.3 is 10.0 Å². The van der Waals surface area contributed by atoms with Crippen molar-refractivity contribution in [1.82, 2.24) is 4.90 Å². The standard InChI is InChI=1S/C12H23NO2/c1-3-4-11(14)9-13-8-7-10(2)5-6-12(13)15/h10-11,14H,3-9H2,1-2H3. The lowest BCUT2D eigenvalue weighted by Crippen LogP contribution is -2.37. The van der Waals surface area contributed by atoms with Crippen molar-refractivity contribution >= 4 is 5.91 Å². The molecule has 0 spiro atoms. The van der Waals surface area contributed by atoms with E-state index in [1.807, 2.05) is 4.90 Å². The monoisotopic (exact) mass is 213 g/mol. The first-order valence-electron chi connectivity index (χ1n) is 6.09. The summed E-state index contributed by atoms with van der Waals surface area (Å²) in [6.45, 7) is 5.59. The molecule has 1 aliphatic rings. The van der Waals surface area contributed by atoms with Crippen LogP contribution in [0.4, 0.5) is 0 Å². The van der Waals surface area contributed by atoms with E-state index in [1.165, 1.54) is 0 Å². The summed E-state index contributed by atoms with van der Waals surface area (Å²) in [7, 11) is 0. The Hall–Kier alpha value is -0.570. The number of rotatable bonds is 4. The van der Waals surface area contributed by atoms with Crippen molar-refractivity contribution in [2.45, 2.75) is 52.1 Å². The van der Waals surface area contributed by atoms with Gasteiger partial charge in [0.2, 0.25) is 5.91 Å². The topological polar surface area (TPSA) is 40.5 Å². The first-order chi connectivity index (χ1) is 7.13. The molecule has 0 saturated carbocycles. The number of amides is 1. The average Bonchev–Trinajstić information content (AvgIpc) is 2.33. The van der Waals surface area contributed by atoms with E-state index in [-0.39, 0.29) is 12.0 Å². The van der Waals surface area contributed by atoms with Gasteiger partial charge in [-0.05, 0) is 25.2 Å². The molecule has 2 atom stereocenters. The van der Waals surface area contributed by atoms with Crippen molar-refractivity contribution in [2.75, 3.05) is 13.1 Å². The molecule has 1 saturated heterocycles. The van der Waals surface area contributed by atoms with E-state index in [9.17, 15) is 9.90 Å². The molecule has 1 N–H and O–H groups in total. The number of hydrogen-bond acceptors (Lipinski definition) is 2. The molecule has 1 heterocycles. The summed E-state index contributed by atoms with van der Waals surface area (Å²) in [4.78, 5) is 13.6. The quantitative estimate of drug-likeness (QED) is 0.773. The highest BCUT2D eigenvalue weighted by Crippen LogP contribution is 2.17. The van der Waals surface area contributed by atoms with Gasteiger partial charge in [0.15, 0.2) is 0 Å². The number of carbonyl (C=O) groups is 1. The van der Waals surface area contributed by atoms with Crippen molar-refractivity contribution in [1.29, 1.82) is 0 Å². The SMILES string of the molecule is CCCC(O)CN1CCC(C)CCC1=O. The number of nitrogens with zero attached hydrogens (tertiary/aromatic N) is 1. The van der Waals surface area contributed by atoms with Crippen molar-refractivity contribution < 1.29 is 9.90 Å². The zero-order valence-electron chi connectivity index (χ0n) is 9.91. The third kappa shape index (κ3) is 4.20. The molecular formula is C12H23NO2. The minimum absolute atomic E-state index is 0.217. The summed E-state index contributed by atoms with van der Waals surface area (Å²) >= 11 is 0. The van der Waals surface area contributed by atoms with E-state index < -0.39 is 0 Å². The van der Waals surface area contributed by atoms with Crippen LogP contribution >= 0.6 is 0 Å². The van der Waals surface area contributed by atoms with Crippen LogP contribution in [-0.2, 0) is 4.79 Å². The van der Waals surface area contributed by atoms with Crippen LogP contribution in [0.2, 0.25) is 0 Å². The van der Waals surface area contributed by atoms with Crippen LogP contribution in [0, 0.1) is 5.92 Å². The lowest BCUT2D eigenvalue weighted by molar-refractivity contribution is -0.132. The fourth-order valence-corrected chi connectivity index (χ4v) is 2.05. The summed E-state index contributed by atoms with van der Waals surface area (Å²) in [6.07, 6.45) is 4.15. The van der Waals surface area contributed by atoms with Crippen LogP contribution in [0.15, 0.2) is 0 Å². The Kier molecular flexibility index (Phi) is 5.09. The number of carbonyl (C=O) groups excluding carboxylic acids is 1. The van der Waals surface area contributed by atoms with Crippen molar-refractivity contribution in [3.8, 4) is 0 Å². The van der Waals surface area contributed by atoms with Crippen LogP contribution in [0.3, 0.4) is 0 Å². The Bertz CT molecular complexity index is 206. The van der Waals surface area contributed by atoms with Gasteiger partial charge in [0, 0.05) is 19.5 Å². The molecular weight excluding hydrogens is 190 g/mol. The number of aliphatic hydroxyl groups is 1. The third-order valence-corrected chi connectivity index (χ3v) is 3.15. The first kappa shape index (κ1) is 12.5. The van der Waals surface area contributed by atoms with E-state index in [2.05, 4.69) is 13.8 Å². The summed E-state index contributed by atoms with van der Waals surface area (Å²) in [5.74, 6) is 0.858. The predicted molar refractivity (Wildman–Crippen MR) is 60.5 cm³/mol. The van der Waals surface area contributed by atoms with E-state index in [0.29, 0.717) is 18.9 Å². The molecule has 2 unspecified atom stereocenters. The number of likely N-dealkylation sites (tertiary alicyclic amines) is 1. The maximum Gasteiger partial charge on any atom is 0.222 e. The van der Waals surface area contributed by atoms with Gasteiger partial charge in [-0.2, -0.15) is 0 Å². The normalized spacial score (nSPS) is 25.1. The number of hydrogen-bond donors (Lipinski definition) is 1. The summed E-state index contributed by atoms with van der Waals surface area (Å²) < 4.78 is 0. The second-order valence-electron chi connectivity index (χ2n) is 4.71. The molecule has 15 heavy (non-hydrogen) atoms. The van der Waals surface area contributed by atoms with Gasteiger partial charge in [-0.25, -0.2) is 0 Å². The average molecular weight is 213 g/mol. The predicted octanol–water partition coefficient (Wildman–Crippen LogP) is 1.80. The van der Waals surface area contributed by atoms with Crippen LogP contribution in [0.5, 0.6) is 0 Å². The highest BCUT2D eigenvalue weighted by atomic mass is 16.3. The maximum absolute atomic E-state index is 11.7. The summed E-state index contributed by atoms with van der Waals surface area (Å²) in [5, 5.41) is 9.68. The van der Waals surface area contributed by atoms with Gasteiger partial charge in [0.25, 0.3) is 0 Å². The molecule has 1 fully saturated rings. The van der Waals surface area contributed by atoms with Gasteiger partial charge in [-0.3, -0.25) is 4.79 Å². The maximum atomic E-state index is 11.7. The molecule has 88 valence electrons. The van der Waals surface area contributed by atoms with Gasteiger partial charge in [-0.15, -0.1) is 0 Å². The lowest BCUT2D eigenvalue weighted by atomic mass is 10.0. The van der Waals surface area contributed by atoms with Crippen LogP contribution in [-0.4, -0.2) is 35.1 Å². The largest absolute Gasteiger partial charge is 0.391 e. The fourth-order valence-electron chi connectivity index (χ4n) is 2.05. The smallest absolute Gasteiger partial charge is 0.222 e. The molecule has 0 aliphatic carbocycles. The van der Waals surface area contributed by atoms with Crippen molar-refractivity contribution in [3.05, 3.63) is 0 Å². The van der Waals surface area contributed by atoms with Gasteiger partial charge in [0.1, 0.15) is 0 Å². The number of β-amino-alcohol motifs (C(OH)–C–C–N with tert-alkyl or cyclic N) is 1. The van der Waals surface area contributed by atoms with E-state index >= 15 is 0 Å². The molecule has 1 rings (SSSR count). The van der Waals surface area contributed by atoms with E-state index in [4.69, 9.17) is 0 Å². The summed E-state index contributed by atoms with van der Waals surface area (Å²) in [6, 6.07) is 0. The molecule has 0 aromatic heterocycles. The highest BCUT2D eigenvalue weighted by Gasteiger charge is 2.21. The Balaban J connectivity index is 2.41. The molecule has 0 aromatic carbocycles. The fraction of sp³-hybridized carbons (Fsp3) is 0.917. The molecule has 0 radical (unpaired) electrons. The minimum Gasteiger partial charge on any atom is -0.391 e. The number of aliphatic hydroxyl groups excluding tert-OH is 1. The van der Waals surface area contributed by atoms with Crippen LogP contribution < -0.4 is 0 Å². The van der Waals surface area contributed by atoms with Gasteiger partial charge >= 0.3 is 0 Å². The third-order valence-electron chi connectivity index (χ3n) is 3.15. The second kappa shape index (κ2) is 6.11. The van der Waals surface area contributed by atoms with E-state index in [0.717, 1.165) is 32.2 Å². The van der Waals surface area contributed by atoms with Crippen LogP contribution in [0.1, 0.15) is 46.0 Å².